The van der Waals surface area contributed by atoms with Gasteiger partial charge in [0.15, 0.2) is 0 Å². The van der Waals surface area contributed by atoms with E-state index in [0.29, 0.717) is 6.04 Å². The van der Waals surface area contributed by atoms with Gasteiger partial charge >= 0.3 is 0 Å². The van der Waals surface area contributed by atoms with Gasteiger partial charge in [0.1, 0.15) is 0 Å². The molecule has 19 heavy (non-hydrogen) atoms. The highest BCUT2D eigenvalue weighted by Crippen LogP contribution is 2.19. The first-order valence-electron chi connectivity index (χ1n) is 6.59. The van der Waals surface area contributed by atoms with Gasteiger partial charge in [0.05, 0.1) is 18.4 Å². The predicted octanol–water partition coefficient (Wildman–Crippen LogP) is 2.30. The van der Waals surface area contributed by atoms with Gasteiger partial charge in [-0.25, -0.2) is 4.68 Å². The number of benzene rings is 1. The smallest absolute Gasteiger partial charge is 0.0965 e. The Balaban J connectivity index is 1.58. The van der Waals surface area contributed by atoms with E-state index in [2.05, 4.69) is 46.2 Å². The molecule has 1 heterocycles. The van der Waals surface area contributed by atoms with Crippen LogP contribution < -0.4 is 5.32 Å². The summed E-state index contributed by atoms with van der Waals surface area (Å²) in [7, 11) is 0. The maximum atomic E-state index is 4.19. The number of hydrogen-bond donors (Lipinski definition) is 1. The average molecular weight is 274 g/mol. The molecular weight excluding hydrogens is 256 g/mol. The third-order valence-electron chi connectivity index (χ3n) is 3.24. The minimum atomic E-state index is 0.712. The number of aromatic nitrogens is 3. The molecule has 0 amide bonds. The first-order valence-corrected chi connectivity index (χ1v) is 7.81. The molecule has 1 aliphatic carbocycles. The van der Waals surface area contributed by atoms with Crippen LogP contribution in [0.25, 0.3) is 0 Å². The minimum Gasteiger partial charge on any atom is -0.308 e. The molecule has 1 saturated carbocycles. The minimum absolute atomic E-state index is 0.712. The molecule has 0 bridgehead atoms. The third kappa shape index (κ3) is 3.58. The first kappa shape index (κ1) is 12.7. The molecule has 3 rings (SSSR count). The lowest BCUT2D eigenvalue weighted by Crippen LogP contribution is -2.15. The summed E-state index contributed by atoms with van der Waals surface area (Å²) in [4.78, 5) is 1.29. The molecule has 0 radical (unpaired) electrons. The van der Waals surface area contributed by atoms with Crippen LogP contribution in [0.3, 0.4) is 0 Å². The number of rotatable bonds is 6. The summed E-state index contributed by atoms with van der Waals surface area (Å²) in [5.74, 6) is 0. The monoisotopic (exact) mass is 274 g/mol. The second-order valence-electron chi connectivity index (χ2n) is 4.91. The highest BCUT2D eigenvalue weighted by Gasteiger charge is 2.20. The molecule has 0 aliphatic heterocycles. The summed E-state index contributed by atoms with van der Waals surface area (Å²) in [5, 5.41) is 11.8. The summed E-state index contributed by atoms with van der Waals surface area (Å²) in [6, 6.07) is 9.30. The second kappa shape index (κ2) is 5.75. The van der Waals surface area contributed by atoms with E-state index in [1.807, 2.05) is 10.9 Å². The van der Waals surface area contributed by atoms with Gasteiger partial charge in [-0.05, 0) is 36.8 Å². The highest BCUT2D eigenvalue weighted by molar-refractivity contribution is 7.98. The Morgan fingerprint density at radius 1 is 1.32 bits per heavy atom. The molecule has 1 aromatic carbocycles. The fourth-order valence-electron chi connectivity index (χ4n) is 1.95. The summed E-state index contributed by atoms with van der Waals surface area (Å²) in [6.45, 7) is 1.61. The Morgan fingerprint density at radius 3 is 2.79 bits per heavy atom. The zero-order chi connectivity index (χ0) is 13.1. The van der Waals surface area contributed by atoms with E-state index in [-0.39, 0.29) is 0 Å². The zero-order valence-corrected chi connectivity index (χ0v) is 11.9. The Kier molecular flexibility index (Phi) is 3.84. The van der Waals surface area contributed by atoms with Crippen molar-refractivity contribution in [2.24, 2.45) is 0 Å². The van der Waals surface area contributed by atoms with Crippen LogP contribution in [0.2, 0.25) is 0 Å². The topological polar surface area (TPSA) is 42.7 Å². The number of nitrogens with one attached hydrogen (secondary N) is 1. The van der Waals surface area contributed by atoms with Crippen molar-refractivity contribution in [2.45, 2.75) is 36.9 Å². The van der Waals surface area contributed by atoms with Gasteiger partial charge in [-0.15, -0.1) is 16.9 Å². The van der Waals surface area contributed by atoms with Gasteiger partial charge in [0.25, 0.3) is 0 Å². The molecule has 1 aliphatic rings. The van der Waals surface area contributed by atoms with Crippen LogP contribution in [0.15, 0.2) is 35.4 Å². The summed E-state index contributed by atoms with van der Waals surface area (Å²) < 4.78 is 1.90. The number of nitrogens with zero attached hydrogens (tertiary/aromatic N) is 3. The van der Waals surface area contributed by atoms with Crippen molar-refractivity contribution in [3.8, 4) is 0 Å². The summed E-state index contributed by atoms with van der Waals surface area (Å²) >= 11 is 1.76. The quantitative estimate of drug-likeness (QED) is 0.821. The van der Waals surface area contributed by atoms with Crippen molar-refractivity contribution in [2.75, 3.05) is 6.26 Å². The lowest BCUT2D eigenvalue weighted by Gasteiger charge is -2.02. The highest BCUT2D eigenvalue weighted by atomic mass is 32.2. The maximum Gasteiger partial charge on any atom is 0.0965 e. The molecular formula is C14H18N4S. The molecule has 4 nitrogen and oxygen atoms in total. The molecule has 0 atom stereocenters. The van der Waals surface area contributed by atoms with Gasteiger partial charge < -0.3 is 5.32 Å². The Hall–Kier alpha value is -1.33. The van der Waals surface area contributed by atoms with Crippen LogP contribution in [0.1, 0.15) is 24.1 Å². The normalized spacial score (nSPS) is 14.8. The van der Waals surface area contributed by atoms with E-state index < -0.39 is 0 Å². The first-order chi connectivity index (χ1) is 9.33. The average Bonchev–Trinajstić information content (AvgIpc) is 3.17. The van der Waals surface area contributed by atoms with E-state index in [9.17, 15) is 0 Å². The van der Waals surface area contributed by atoms with Crippen LogP contribution in [-0.4, -0.2) is 27.3 Å². The molecule has 100 valence electrons. The van der Waals surface area contributed by atoms with Crippen molar-refractivity contribution >= 4 is 11.8 Å². The third-order valence-corrected chi connectivity index (χ3v) is 3.98. The lowest BCUT2D eigenvalue weighted by atomic mass is 10.2. The molecule has 1 fully saturated rings. The molecule has 1 aromatic heterocycles. The van der Waals surface area contributed by atoms with Crippen LogP contribution in [0.5, 0.6) is 0 Å². The van der Waals surface area contributed by atoms with Crippen molar-refractivity contribution < 1.29 is 0 Å². The van der Waals surface area contributed by atoms with Crippen LogP contribution in [0, 0.1) is 0 Å². The van der Waals surface area contributed by atoms with Crippen molar-refractivity contribution in [1.29, 1.82) is 0 Å². The van der Waals surface area contributed by atoms with Crippen LogP contribution in [0.4, 0.5) is 0 Å². The van der Waals surface area contributed by atoms with Gasteiger partial charge in [0, 0.05) is 17.5 Å². The maximum absolute atomic E-state index is 4.19. The van der Waals surface area contributed by atoms with Gasteiger partial charge in [-0.2, -0.15) is 0 Å². The number of hydrogen-bond acceptors (Lipinski definition) is 4. The fourth-order valence-corrected chi connectivity index (χ4v) is 2.36. The van der Waals surface area contributed by atoms with Crippen molar-refractivity contribution in [3.05, 3.63) is 41.7 Å². The Labute approximate surface area is 117 Å². The van der Waals surface area contributed by atoms with Crippen LogP contribution in [-0.2, 0) is 13.1 Å². The standard InChI is InChI=1S/C14H18N4S/c1-19-14-6-2-11(3-7-14)9-18-10-13(16-17-18)8-15-12-4-5-12/h2-3,6-7,10,12,15H,4-5,8-9H2,1H3. The summed E-state index contributed by atoms with van der Waals surface area (Å²) in [5.41, 5.74) is 2.28. The summed E-state index contributed by atoms with van der Waals surface area (Å²) in [6.07, 6.45) is 6.72. The second-order valence-corrected chi connectivity index (χ2v) is 5.79. The zero-order valence-electron chi connectivity index (χ0n) is 11.0. The van der Waals surface area contributed by atoms with Gasteiger partial charge in [0.2, 0.25) is 0 Å². The molecule has 0 unspecified atom stereocenters. The molecule has 0 spiro atoms. The van der Waals surface area contributed by atoms with E-state index in [4.69, 9.17) is 0 Å². The molecule has 0 saturated heterocycles. The van der Waals surface area contributed by atoms with Crippen molar-refractivity contribution in [1.82, 2.24) is 20.3 Å². The Bertz CT molecular complexity index is 531. The van der Waals surface area contributed by atoms with Gasteiger partial charge in [-0.1, -0.05) is 17.3 Å². The predicted molar refractivity (Wildman–Crippen MR) is 77.2 cm³/mol. The number of thioether (sulfide) groups is 1. The lowest BCUT2D eigenvalue weighted by molar-refractivity contribution is 0.646. The molecule has 2 aromatic rings. The van der Waals surface area contributed by atoms with Crippen molar-refractivity contribution in [3.63, 3.8) is 0 Å². The molecule has 1 N–H and O–H groups in total. The molecule has 5 heteroatoms. The van der Waals surface area contributed by atoms with Gasteiger partial charge in [-0.3, -0.25) is 0 Å². The SMILES string of the molecule is CSc1ccc(Cn2cc(CNC3CC3)nn2)cc1. The van der Waals surface area contributed by atoms with E-state index in [0.717, 1.165) is 18.8 Å². The van der Waals surface area contributed by atoms with Crippen LogP contribution >= 0.6 is 11.8 Å². The van der Waals surface area contributed by atoms with E-state index in [1.54, 1.807) is 11.8 Å². The van der Waals surface area contributed by atoms with E-state index >= 15 is 0 Å². The Morgan fingerprint density at radius 2 is 2.11 bits per heavy atom. The largest absolute Gasteiger partial charge is 0.308 e. The van der Waals surface area contributed by atoms with E-state index in [1.165, 1.54) is 23.3 Å². The fraction of sp³-hybridized carbons (Fsp3) is 0.429.